The zero-order valence-electron chi connectivity index (χ0n) is 12.2. The van der Waals surface area contributed by atoms with Crippen LogP contribution in [0.5, 0.6) is 0 Å². The van der Waals surface area contributed by atoms with Gasteiger partial charge in [-0.3, -0.25) is 0 Å². The molecule has 0 aliphatic heterocycles. The van der Waals surface area contributed by atoms with E-state index in [4.69, 9.17) is 0 Å². The van der Waals surface area contributed by atoms with Crippen LogP contribution in [0.25, 0.3) is 5.65 Å². The summed E-state index contributed by atoms with van der Waals surface area (Å²) in [4.78, 5) is 22.9. The molecule has 0 atom stereocenters. The van der Waals surface area contributed by atoms with Crippen molar-refractivity contribution in [2.75, 3.05) is 18.0 Å². The Morgan fingerprint density at radius 2 is 1.74 bits per heavy atom. The minimum absolute atomic E-state index is 0.254. The number of nitrogens with zero attached hydrogens (tertiary/aromatic N) is 4. The predicted molar refractivity (Wildman–Crippen MR) is 77.0 cm³/mol. The number of rotatable bonds is 3. The van der Waals surface area contributed by atoms with E-state index in [-0.39, 0.29) is 5.69 Å². The van der Waals surface area contributed by atoms with Crippen LogP contribution in [0.2, 0.25) is 0 Å². The number of anilines is 1. The number of hydrogen-bond acceptors (Lipinski definition) is 4. The maximum absolute atomic E-state index is 12.2. The first-order valence-corrected chi connectivity index (χ1v) is 6.62. The normalized spacial score (nSPS) is 11.0. The molecule has 2 rings (SSSR count). The van der Waals surface area contributed by atoms with Gasteiger partial charge in [0.05, 0.1) is 0 Å². The molecule has 0 saturated heterocycles. The van der Waals surface area contributed by atoms with Gasteiger partial charge in [-0.1, -0.05) is 6.07 Å². The largest absolute Gasteiger partial charge is 0.356 e. The molecule has 0 aliphatic rings. The second kappa shape index (κ2) is 4.99. The van der Waals surface area contributed by atoms with E-state index in [1.54, 1.807) is 4.40 Å². The molecule has 0 bridgehead atoms. The van der Waals surface area contributed by atoms with Gasteiger partial charge in [-0.2, -0.15) is 9.97 Å². The minimum atomic E-state index is -0.254. The average molecular weight is 260 g/mol. The van der Waals surface area contributed by atoms with E-state index in [0.29, 0.717) is 11.6 Å². The van der Waals surface area contributed by atoms with Crippen molar-refractivity contribution in [1.29, 1.82) is 0 Å². The average Bonchev–Trinajstić information content (AvgIpc) is 2.37. The monoisotopic (exact) mass is 260 g/mol. The molecule has 0 radical (unpaired) electrons. The van der Waals surface area contributed by atoms with Crippen LogP contribution in [0.3, 0.4) is 0 Å². The summed E-state index contributed by atoms with van der Waals surface area (Å²) < 4.78 is 1.59. The van der Waals surface area contributed by atoms with Crippen LogP contribution < -0.4 is 10.6 Å². The van der Waals surface area contributed by atoms with E-state index < -0.39 is 0 Å². The lowest BCUT2D eigenvalue weighted by Gasteiger charge is -2.19. The molecule has 2 aromatic rings. The fraction of sp³-hybridized carbons (Fsp3) is 0.500. The lowest BCUT2D eigenvalue weighted by molar-refractivity contribution is 0.792. The van der Waals surface area contributed by atoms with Gasteiger partial charge in [-0.05, 0) is 45.7 Å². The van der Waals surface area contributed by atoms with Gasteiger partial charge in [0, 0.05) is 18.8 Å². The van der Waals surface area contributed by atoms with Crippen molar-refractivity contribution in [3.63, 3.8) is 0 Å². The maximum atomic E-state index is 12.2. The summed E-state index contributed by atoms with van der Waals surface area (Å²) in [7, 11) is 0. The van der Waals surface area contributed by atoms with Crippen LogP contribution in [-0.4, -0.2) is 27.5 Å². The highest BCUT2D eigenvalue weighted by molar-refractivity contribution is 5.52. The molecule has 102 valence electrons. The molecular weight excluding hydrogens is 240 g/mol. The third kappa shape index (κ3) is 2.20. The van der Waals surface area contributed by atoms with E-state index in [1.165, 1.54) is 0 Å². The number of fused-ring (bicyclic) bond motifs is 1. The van der Waals surface area contributed by atoms with Crippen molar-refractivity contribution < 1.29 is 0 Å². The Bertz CT molecular complexity index is 671. The van der Waals surface area contributed by atoms with Gasteiger partial charge in [0.15, 0.2) is 0 Å². The quantitative estimate of drug-likeness (QED) is 0.845. The fourth-order valence-corrected chi connectivity index (χ4v) is 2.28. The van der Waals surface area contributed by atoms with E-state index in [0.717, 1.165) is 29.9 Å². The molecule has 0 spiro atoms. The Kier molecular flexibility index (Phi) is 3.55. The van der Waals surface area contributed by atoms with Gasteiger partial charge in [-0.25, -0.2) is 9.20 Å². The Morgan fingerprint density at radius 3 is 2.32 bits per heavy atom. The zero-order valence-corrected chi connectivity index (χ0v) is 12.2. The van der Waals surface area contributed by atoms with Crippen LogP contribution in [-0.2, 0) is 0 Å². The molecule has 0 unspecified atom stereocenters. The van der Waals surface area contributed by atoms with Crippen molar-refractivity contribution in [1.82, 2.24) is 14.4 Å². The molecule has 0 fully saturated rings. The molecule has 5 heteroatoms. The van der Waals surface area contributed by atoms with Crippen LogP contribution in [0.15, 0.2) is 10.9 Å². The van der Waals surface area contributed by atoms with Gasteiger partial charge in [0.2, 0.25) is 5.95 Å². The summed E-state index contributed by atoms with van der Waals surface area (Å²) in [5.41, 5.74) is 3.42. The first kappa shape index (κ1) is 13.5. The highest BCUT2D eigenvalue weighted by Gasteiger charge is 2.13. The molecule has 5 nitrogen and oxygen atoms in total. The van der Waals surface area contributed by atoms with Gasteiger partial charge >= 0.3 is 5.69 Å². The SMILES string of the molecule is CCN(CC)c1nc(=O)n2c(C)c(C)cc(C)c2n1. The summed E-state index contributed by atoms with van der Waals surface area (Å²) in [6.07, 6.45) is 0. The minimum Gasteiger partial charge on any atom is -0.341 e. The maximum Gasteiger partial charge on any atom is 0.356 e. The summed E-state index contributed by atoms with van der Waals surface area (Å²) >= 11 is 0. The van der Waals surface area contributed by atoms with Crippen molar-refractivity contribution in [3.8, 4) is 0 Å². The first-order valence-electron chi connectivity index (χ1n) is 6.62. The molecule has 0 aromatic carbocycles. The molecule has 0 amide bonds. The number of hydrogen-bond donors (Lipinski definition) is 0. The molecule has 2 aromatic heterocycles. The van der Waals surface area contributed by atoms with Crippen molar-refractivity contribution >= 4 is 11.6 Å². The molecule has 2 heterocycles. The second-order valence-corrected chi connectivity index (χ2v) is 4.73. The van der Waals surface area contributed by atoms with Crippen LogP contribution in [0, 0.1) is 20.8 Å². The number of pyridine rings is 1. The van der Waals surface area contributed by atoms with E-state index in [2.05, 4.69) is 16.0 Å². The van der Waals surface area contributed by atoms with Gasteiger partial charge in [-0.15, -0.1) is 0 Å². The first-order chi connectivity index (χ1) is 8.99. The van der Waals surface area contributed by atoms with Gasteiger partial charge in [0.25, 0.3) is 0 Å². The van der Waals surface area contributed by atoms with Crippen LogP contribution in [0.1, 0.15) is 30.7 Å². The van der Waals surface area contributed by atoms with Gasteiger partial charge in [0.1, 0.15) is 5.65 Å². The Balaban J connectivity index is 2.81. The summed E-state index contributed by atoms with van der Waals surface area (Å²) in [5.74, 6) is 0.515. The zero-order chi connectivity index (χ0) is 14.2. The summed E-state index contributed by atoms with van der Waals surface area (Å²) in [6.45, 7) is 11.5. The molecule has 0 N–H and O–H groups in total. The van der Waals surface area contributed by atoms with E-state index >= 15 is 0 Å². The third-order valence-corrected chi connectivity index (χ3v) is 3.54. The van der Waals surface area contributed by atoms with Crippen molar-refractivity contribution in [2.45, 2.75) is 34.6 Å². The van der Waals surface area contributed by atoms with Crippen molar-refractivity contribution in [2.24, 2.45) is 0 Å². The topological polar surface area (TPSA) is 50.5 Å². The Hall–Kier alpha value is -1.91. The van der Waals surface area contributed by atoms with E-state index in [9.17, 15) is 4.79 Å². The molecule has 0 saturated carbocycles. The smallest absolute Gasteiger partial charge is 0.341 e. The van der Waals surface area contributed by atoms with Crippen LogP contribution >= 0.6 is 0 Å². The lowest BCUT2D eigenvalue weighted by Crippen LogP contribution is -2.30. The van der Waals surface area contributed by atoms with Crippen molar-refractivity contribution in [3.05, 3.63) is 33.4 Å². The second-order valence-electron chi connectivity index (χ2n) is 4.73. The number of aromatic nitrogens is 3. The fourth-order valence-electron chi connectivity index (χ4n) is 2.28. The lowest BCUT2D eigenvalue weighted by atomic mass is 10.1. The highest BCUT2D eigenvalue weighted by Crippen LogP contribution is 2.15. The van der Waals surface area contributed by atoms with Gasteiger partial charge < -0.3 is 4.90 Å². The molecule has 0 aliphatic carbocycles. The highest BCUT2D eigenvalue weighted by atomic mass is 16.1. The summed E-state index contributed by atoms with van der Waals surface area (Å²) in [6, 6.07) is 2.06. The predicted octanol–water partition coefficient (Wildman–Crippen LogP) is 1.86. The number of aryl methyl sites for hydroxylation is 3. The van der Waals surface area contributed by atoms with E-state index in [1.807, 2.05) is 39.5 Å². The standard InChI is InChI=1S/C14H20N4O/c1-6-17(7-2)13-15-12-10(4)8-9(3)11(5)18(12)14(19)16-13/h8H,6-7H2,1-5H3. The Morgan fingerprint density at radius 1 is 1.11 bits per heavy atom. The molecular formula is C14H20N4O. The Labute approximate surface area is 112 Å². The summed E-state index contributed by atoms with van der Waals surface area (Å²) in [5, 5.41) is 0. The molecule has 19 heavy (non-hydrogen) atoms. The third-order valence-electron chi connectivity index (χ3n) is 3.54. The van der Waals surface area contributed by atoms with Crippen LogP contribution in [0.4, 0.5) is 5.95 Å².